The quantitative estimate of drug-likeness (QED) is 0.564. The van der Waals surface area contributed by atoms with E-state index in [1.807, 2.05) is 0 Å². The minimum absolute atomic E-state index is 0.143. The fourth-order valence-corrected chi connectivity index (χ4v) is 3.29. The molecule has 0 unspecified atom stereocenters. The molecule has 0 N–H and O–H groups in total. The summed E-state index contributed by atoms with van der Waals surface area (Å²) >= 11 is 6.07. The predicted molar refractivity (Wildman–Crippen MR) is 87.1 cm³/mol. The molecule has 0 fully saturated rings. The summed E-state index contributed by atoms with van der Waals surface area (Å²) in [6.45, 7) is -0.143. The third-order valence-corrected chi connectivity index (χ3v) is 4.51. The second kappa shape index (κ2) is 6.12. The van der Waals surface area contributed by atoms with Crippen LogP contribution in [-0.4, -0.2) is 20.5 Å². The monoisotopic (exact) mass is 398 g/mol. The van der Waals surface area contributed by atoms with Crippen LogP contribution in [-0.2, 0) is 12.7 Å². The number of alkyl halides is 3. The summed E-state index contributed by atoms with van der Waals surface area (Å²) in [5, 5.41) is 6.85. The zero-order valence-electron chi connectivity index (χ0n) is 13.2. The fraction of sp³-hybridized carbons (Fsp3) is 0.118. The van der Waals surface area contributed by atoms with Gasteiger partial charge in [-0.3, -0.25) is 9.56 Å². The standard InChI is InChI=1S/C17H8ClF5N4/c18-15-8(17(21,22)23)4-5-11-14(15)16(13-9(19)2-1-3-10(13)20)24-6-12-26-25-7-27(11)12/h1-5,7H,6H2. The lowest BCUT2D eigenvalue weighted by Crippen LogP contribution is -2.15. The number of fused-ring (bicyclic) bond motifs is 3. The molecule has 0 amide bonds. The molecule has 1 aromatic heterocycles. The molecule has 27 heavy (non-hydrogen) atoms. The lowest BCUT2D eigenvalue weighted by molar-refractivity contribution is -0.137. The topological polar surface area (TPSA) is 43.1 Å². The van der Waals surface area contributed by atoms with Gasteiger partial charge in [0.25, 0.3) is 0 Å². The van der Waals surface area contributed by atoms with E-state index in [0.717, 1.165) is 30.3 Å². The van der Waals surface area contributed by atoms with Crippen molar-refractivity contribution in [3.05, 3.63) is 75.8 Å². The average Bonchev–Trinajstić information content (AvgIpc) is 2.99. The normalized spacial score (nSPS) is 13.6. The van der Waals surface area contributed by atoms with Crippen LogP contribution in [0.3, 0.4) is 0 Å². The summed E-state index contributed by atoms with van der Waals surface area (Å²) < 4.78 is 70.1. The Morgan fingerprint density at radius 1 is 1.00 bits per heavy atom. The first-order valence-electron chi connectivity index (χ1n) is 7.57. The van der Waals surface area contributed by atoms with Crippen LogP contribution in [0.15, 0.2) is 41.7 Å². The molecule has 0 bridgehead atoms. The van der Waals surface area contributed by atoms with E-state index in [1.165, 1.54) is 10.9 Å². The molecule has 2 aromatic carbocycles. The van der Waals surface area contributed by atoms with E-state index < -0.39 is 34.0 Å². The molecule has 10 heteroatoms. The number of aliphatic imine (C=N–C) groups is 1. The van der Waals surface area contributed by atoms with E-state index in [1.54, 1.807) is 0 Å². The van der Waals surface area contributed by atoms with Gasteiger partial charge in [-0.25, -0.2) is 8.78 Å². The maximum Gasteiger partial charge on any atom is 0.417 e. The number of halogens is 6. The van der Waals surface area contributed by atoms with Crippen molar-refractivity contribution in [1.82, 2.24) is 14.8 Å². The summed E-state index contributed by atoms with van der Waals surface area (Å²) in [7, 11) is 0. The van der Waals surface area contributed by atoms with Crippen molar-refractivity contribution in [2.75, 3.05) is 0 Å². The molecule has 2 heterocycles. The van der Waals surface area contributed by atoms with Gasteiger partial charge in [0, 0.05) is 5.56 Å². The Bertz CT molecular complexity index is 1070. The molecule has 4 rings (SSSR count). The van der Waals surface area contributed by atoms with E-state index in [0.29, 0.717) is 5.82 Å². The summed E-state index contributed by atoms with van der Waals surface area (Å²) in [6.07, 6.45) is -3.48. The number of benzene rings is 2. The number of rotatable bonds is 1. The van der Waals surface area contributed by atoms with Gasteiger partial charge in [-0.2, -0.15) is 13.2 Å². The van der Waals surface area contributed by atoms with Crippen LogP contribution in [0.4, 0.5) is 22.0 Å². The van der Waals surface area contributed by atoms with Gasteiger partial charge in [-0.15, -0.1) is 10.2 Å². The van der Waals surface area contributed by atoms with E-state index in [9.17, 15) is 22.0 Å². The van der Waals surface area contributed by atoms with E-state index >= 15 is 0 Å². The Hall–Kier alpha value is -2.81. The lowest BCUT2D eigenvalue weighted by Gasteiger charge is -2.18. The molecule has 0 saturated carbocycles. The zero-order chi connectivity index (χ0) is 19.3. The number of hydrogen-bond acceptors (Lipinski definition) is 3. The first-order valence-corrected chi connectivity index (χ1v) is 7.95. The molecule has 0 saturated heterocycles. The van der Waals surface area contributed by atoms with Gasteiger partial charge in [-0.1, -0.05) is 17.7 Å². The van der Waals surface area contributed by atoms with Crippen LogP contribution in [0.25, 0.3) is 5.69 Å². The van der Waals surface area contributed by atoms with Crippen molar-refractivity contribution in [2.45, 2.75) is 12.7 Å². The average molecular weight is 399 g/mol. The molecule has 3 aromatic rings. The summed E-state index contributed by atoms with van der Waals surface area (Å²) in [5.41, 5.74) is -2.11. The molecular weight excluding hydrogens is 391 g/mol. The zero-order valence-corrected chi connectivity index (χ0v) is 14.0. The first kappa shape index (κ1) is 17.6. The van der Waals surface area contributed by atoms with Gasteiger partial charge in [0.2, 0.25) is 0 Å². The maximum atomic E-state index is 14.4. The Balaban J connectivity index is 2.09. The van der Waals surface area contributed by atoms with E-state index in [-0.39, 0.29) is 23.5 Å². The Kier molecular flexibility index (Phi) is 3.99. The van der Waals surface area contributed by atoms with Crippen LogP contribution in [0, 0.1) is 11.6 Å². The Labute approximate surface area is 153 Å². The van der Waals surface area contributed by atoms with Crippen LogP contribution >= 0.6 is 11.6 Å². The fourth-order valence-electron chi connectivity index (χ4n) is 2.94. The molecule has 1 aliphatic rings. The van der Waals surface area contributed by atoms with Gasteiger partial charge in [0.15, 0.2) is 5.82 Å². The van der Waals surface area contributed by atoms with E-state index in [4.69, 9.17) is 11.6 Å². The molecule has 0 spiro atoms. The van der Waals surface area contributed by atoms with Crippen LogP contribution in [0.2, 0.25) is 5.02 Å². The summed E-state index contributed by atoms with van der Waals surface area (Å²) in [6, 6.07) is 5.08. The minimum Gasteiger partial charge on any atom is -0.283 e. The molecular formula is C17H8ClF5N4. The summed E-state index contributed by atoms with van der Waals surface area (Å²) in [4.78, 5) is 4.12. The highest BCUT2D eigenvalue weighted by molar-refractivity contribution is 6.37. The SMILES string of the molecule is Fc1cccc(F)c1C1=NCc2nncn2-c2ccc(C(F)(F)F)c(Cl)c21. The highest BCUT2D eigenvalue weighted by Crippen LogP contribution is 2.40. The number of aromatic nitrogens is 3. The third-order valence-electron chi connectivity index (χ3n) is 4.12. The lowest BCUT2D eigenvalue weighted by atomic mass is 9.97. The molecule has 4 nitrogen and oxygen atoms in total. The maximum absolute atomic E-state index is 14.4. The number of nitrogens with zero attached hydrogens (tertiary/aromatic N) is 4. The van der Waals surface area contributed by atoms with Crippen LogP contribution in [0.1, 0.15) is 22.5 Å². The highest BCUT2D eigenvalue weighted by atomic mass is 35.5. The predicted octanol–water partition coefficient (Wildman–Crippen LogP) is 4.57. The Morgan fingerprint density at radius 2 is 1.70 bits per heavy atom. The van der Waals surface area contributed by atoms with Gasteiger partial charge in [-0.05, 0) is 24.3 Å². The summed E-state index contributed by atoms with van der Waals surface area (Å²) in [5.74, 6) is -1.64. The Morgan fingerprint density at radius 3 is 2.37 bits per heavy atom. The van der Waals surface area contributed by atoms with Crippen molar-refractivity contribution >= 4 is 17.3 Å². The van der Waals surface area contributed by atoms with Gasteiger partial charge in [0.1, 0.15) is 24.5 Å². The van der Waals surface area contributed by atoms with Gasteiger partial charge in [0.05, 0.1) is 27.5 Å². The van der Waals surface area contributed by atoms with Crippen molar-refractivity contribution in [3.8, 4) is 5.69 Å². The van der Waals surface area contributed by atoms with Crippen molar-refractivity contribution < 1.29 is 22.0 Å². The molecule has 0 aliphatic carbocycles. The molecule has 138 valence electrons. The van der Waals surface area contributed by atoms with Crippen molar-refractivity contribution in [1.29, 1.82) is 0 Å². The first-order chi connectivity index (χ1) is 12.8. The van der Waals surface area contributed by atoms with Crippen LogP contribution < -0.4 is 0 Å². The van der Waals surface area contributed by atoms with E-state index in [2.05, 4.69) is 15.2 Å². The number of hydrogen-bond donors (Lipinski definition) is 0. The van der Waals surface area contributed by atoms with Gasteiger partial charge < -0.3 is 0 Å². The third kappa shape index (κ3) is 2.78. The highest BCUT2D eigenvalue weighted by Gasteiger charge is 2.37. The second-order valence-corrected chi connectivity index (χ2v) is 6.08. The minimum atomic E-state index is -4.76. The smallest absolute Gasteiger partial charge is 0.283 e. The second-order valence-electron chi connectivity index (χ2n) is 5.70. The van der Waals surface area contributed by atoms with Gasteiger partial charge >= 0.3 is 6.18 Å². The van der Waals surface area contributed by atoms with Crippen molar-refractivity contribution in [3.63, 3.8) is 0 Å². The van der Waals surface area contributed by atoms with Crippen LogP contribution in [0.5, 0.6) is 0 Å². The molecule has 0 radical (unpaired) electrons. The van der Waals surface area contributed by atoms with Crippen molar-refractivity contribution in [2.24, 2.45) is 4.99 Å². The molecule has 0 atom stereocenters. The largest absolute Gasteiger partial charge is 0.417 e. The molecule has 1 aliphatic heterocycles.